The van der Waals surface area contributed by atoms with Gasteiger partial charge in [0.15, 0.2) is 0 Å². The van der Waals surface area contributed by atoms with Gasteiger partial charge in [0.25, 0.3) is 0 Å². The van der Waals surface area contributed by atoms with Crippen LogP contribution in [0.3, 0.4) is 0 Å². The van der Waals surface area contributed by atoms with E-state index in [1.807, 2.05) is 44.2 Å². The van der Waals surface area contributed by atoms with Crippen LogP contribution in [0, 0.1) is 13.8 Å². The summed E-state index contributed by atoms with van der Waals surface area (Å²) < 4.78 is 27.7. The molecule has 2 saturated heterocycles. The Hall–Kier alpha value is -2.65. The summed E-state index contributed by atoms with van der Waals surface area (Å²) >= 11 is 0. The third-order valence-corrected chi connectivity index (χ3v) is 8.32. The SMILES string of the molecule is Cc1ccc(C)c(S(=O)(=O)N2CCN(C(=O)NC3CCN(c4ccccn4)CC3)CC2)c1. The van der Waals surface area contributed by atoms with Gasteiger partial charge in [-0.05, 0) is 56.0 Å². The lowest BCUT2D eigenvalue weighted by Crippen LogP contribution is -2.55. The van der Waals surface area contributed by atoms with Crippen molar-refractivity contribution in [1.29, 1.82) is 0 Å². The van der Waals surface area contributed by atoms with Gasteiger partial charge in [-0.1, -0.05) is 18.2 Å². The number of piperidine rings is 1. The molecule has 8 nitrogen and oxygen atoms in total. The second-order valence-corrected chi connectivity index (χ2v) is 10.5. The zero-order chi connectivity index (χ0) is 22.7. The van der Waals surface area contributed by atoms with E-state index < -0.39 is 10.0 Å². The molecule has 2 aliphatic heterocycles. The molecule has 1 aromatic carbocycles. The van der Waals surface area contributed by atoms with Crippen LogP contribution in [-0.2, 0) is 10.0 Å². The summed E-state index contributed by atoms with van der Waals surface area (Å²) in [6.07, 6.45) is 3.52. The Morgan fingerprint density at radius 2 is 1.72 bits per heavy atom. The van der Waals surface area contributed by atoms with Crippen LogP contribution in [0.4, 0.5) is 10.6 Å². The number of carbonyl (C=O) groups is 1. The lowest BCUT2D eigenvalue weighted by atomic mass is 10.1. The molecule has 0 unspecified atom stereocenters. The Morgan fingerprint density at radius 1 is 1.00 bits per heavy atom. The van der Waals surface area contributed by atoms with E-state index in [2.05, 4.69) is 15.2 Å². The van der Waals surface area contributed by atoms with Crippen LogP contribution in [0.5, 0.6) is 0 Å². The number of rotatable bonds is 4. The topological polar surface area (TPSA) is 85.8 Å². The summed E-state index contributed by atoms with van der Waals surface area (Å²) in [4.78, 5) is 21.5. The second-order valence-electron chi connectivity index (χ2n) is 8.56. The molecular weight excluding hydrogens is 426 g/mol. The van der Waals surface area contributed by atoms with Crippen LogP contribution in [0.15, 0.2) is 47.5 Å². The second kappa shape index (κ2) is 9.46. The molecule has 9 heteroatoms. The highest BCUT2D eigenvalue weighted by Gasteiger charge is 2.32. The number of piperazine rings is 1. The van der Waals surface area contributed by atoms with E-state index in [9.17, 15) is 13.2 Å². The van der Waals surface area contributed by atoms with Crippen molar-refractivity contribution in [3.05, 3.63) is 53.7 Å². The van der Waals surface area contributed by atoms with Crippen molar-refractivity contribution in [2.24, 2.45) is 0 Å². The standard InChI is InChI=1S/C23H31N5O3S/c1-18-6-7-19(2)21(17-18)32(30,31)28-15-13-27(14-16-28)23(29)25-20-8-11-26(12-9-20)22-5-3-4-10-24-22/h3-7,10,17,20H,8-9,11-16H2,1-2H3,(H,25,29). The van der Waals surface area contributed by atoms with Crippen LogP contribution in [0.2, 0.25) is 0 Å². The van der Waals surface area contributed by atoms with Crippen molar-refractivity contribution in [2.45, 2.75) is 37.6 Å². The van der Waals surface area contributed by atoms with Gasteiger partial charge < -0.3 is 15.1 Å². The first-order chi connectivity index (χ1) is 15.3. The number of nitrogens with one attached hydrogen (secondary N) is 1. The Bertz CT molecular complexity index is 1040. The molecular formula is C23H31N5O3S. The predicted octanol–water partition coefficient (Wildman–Crippen LogP) is 2.38. The fraction of sp³-hybridized carbons (Fsp3) is 0.478. The number of aryl methyl sites for hydroxylation is 2. The van der Waals surface area contributed by atoms with Gasteiger partial charge >= 0.3 is 6.03 Å². The fourth-order valence-corrected chi connectivity index (χ4v) is 6.05. The number of aromatic nitrogens is 1. The maximum Gasteiger partial charge on any atom is 0.317 e. The number of hydrogen-bond donors (Lipinski definition) is 1. The van der Waals surface area contributed by atoms with Crippen molar-refractivity contribution in [3.63, 3.8) is 0 Å². The number of urea groups is 1. The quantitative estimate of drug-likeness (QED) is 0.762. The third-order valence-electron chi connectivity index (χ3n) is 6.28. The molecule has 0 aliphatic carbocycles. The van der Waals surface area contributed by atoms with Gasteiger partial charge in [-0.3, -0.25) is 0 Å². The van der Waals surface area contributed by atoms with Gasteiger partial charge in [0, 0.05) is 51.5 Å². The molecule has 1 N–H and O–H groups in total. The molecule has 2 amide bonds. The molecule has 172 valence electrons. The van der Waals surface area contributed by atoms with Crippen LogP contribution in [0.1, 0.15) is 24.0 Å². The Morgan fingerprint density at radius 3 is 2.38 bits per heavy atom. The van der Waals surface area contributed by atoms with Gasteiger partial charge in [0.1, 0.15) is 5.82 Å². The van der Waals surface area contributed by atoms with Crippen molar-refractivity contribution < 1.29 is 13.2 Å². The minimum absolute atomic E-state index is 0.106. The van der Waals surface area contributed by atoms with Crippen molar-refractivity contribution >= 4 is 21.9 Å². The Balaban J connectivity index is 1.28. The summed E-state index contributed by atoms with van der Waals surface area (Å²) in [7, 11) is -3.56. The molecule has 2 aliphatic rings. The molecule has 0 saturated carbocycles. The molecule has 0 spiro atoms. The van der Waals surface area contributed by atoms with E-state index in [4.69, 9.17) is 0 Å². The van der Waals surface area contributed by atoms with Crippen LogP contribution in [0.25, 0.3) is 0 Å². The maximum atomic E-state index is 13.1. The third kappa shape index (κ3) is 4.88. The van der Waals surface area contributed by atoms with Gasteiger partial charge in [0.2, 0.25) is 10.0 Å². The summed E-state index contributed by atoms with van der Waals surface area (Å²) in [6.45, 7) is 6.80. The van der Waals surface area contributed by atoms with E-state index in [-0.39, 0.29) is 12.1 Å². The summed E-state index contributed by atoms with van der Waals surface area (Å²) in [5, 5.41) is 3.13. The zero-order valence-corrected chi connectivity index (χ0v) is 19.5. The molecule has 1 aromatic heterocycles. The van der Waals surface area contributed by atoms with E-state index in [1.165, 1.54) is 4.31 Å². The monoisotopic (exact) mass is 457 g/mol. The number of anilines is 1. The molecule has 3 heterocycles. The van der Waals surface area contributed by atoms with Gasteiger partial charge in [-0.25, -0.2) is 18.2 Å². The van der Waals surface area contributed by atoms with Crippen molar-refractivity contribution in [2.75, 3.05) is 44.2 Å². The summed E-state index contributed by atoms with van der Waals surface area (Å²) in [5.41, 5.74) is 1.66. The van der Waals surface area contributed by atoms with E-state index in [0.717, 1.165) is 42.9 Å². The number of nitrogens with zero attached hydrogens (tertiary/aromatic N) is 4. The van der Waals surface area contributed by atoms with Gasteiger partial charge in [-0.2, -0.15) is 4.31 Å². The number of pyridine rings is 1. The minimum atomic E-state index is -3.56. The first kappa shape index (κ1) is 22.5. The number of amides is 2. The first-order valence-corrected chi connectivity index (χ1v) is 12.6. The molecule has 32 heavy (non-hydrogen) atoms. The largest absolute Gasteiger partial charge is 0.356 e. The molecule has 4 rings (SSSR count). The highest BCUT2D eigenvalue weighted by atomic mass is 32.2. The van der Waals surface area contributed by atoms with Gasteiger partial charge in [-0.15, -0.1) is 0 Å². The Labute approximate surface area is 190 Å². The fourth-order valence-electron chi connectivity index (χ4n) is 4.32. The highest BCUT2D eigenvalue weighted by Crippen LogP contribution is 2.23. The normalized spacial score (nSPS) is 18.6. The maximum absolute atomic E-state index is 13.1. The molecule has 0 atom stereocenters. The molecule has 2 aromatic rings. The molecule has 0 bridgehead atoms. The van der Waals surface area contributed by atoms with Crippen LogP contribution < -0.4 is 10.2 Å². The number of hydrogen-bond acceptors (Lipinski definition) is 5. The van der Waals surface area contributed by atoms with Gasteiger partial charge in [0.05, 0.1) is 4.90 Å². The first-order valence-electron chi connectivity index (χ1n) is 11.1. The average molecular weight is 458 g/mol. The molecule has 0 radical (unpaired) electrons. The van der Waals surface area contributed by atoms with Crippen LogP contribution >= 0.6 is 0 Å². The summed E-state index contributed by atoms with van der Waals surface area (Å²) in [5.74, 6) is 0.971. The predicted molar refractivity (Wildman–Crippen MR) is 124 cm³/mol. The van der Waals surface area contributed by atoms with Crippen molar-refractivity contribution in [1.82, 2.24) is 19.5 Å². The minimum Gasteiger partial charge on any atom is -0.356 e. The number of carbonyl (C=O) groups excluding carboxylic acids is 1. The Kier molecular flexibility index (Phi) is 6.66. The average Bonchev–Trinajstić information content (AvgIpc) is 2.81. The number of benzene rings is 1. The van der Waals surface area contributed by atoms with E-state index in [1.54, 1.807) is 17.2 Å². The molecule has 2 fully saturated rings. The lowest BCUT2D eigenvalue weighted by molar-refractivity contribution is 0.167. The van der Waals surface area contributed by atoms with Crippen molar-refractivity contribution in [3.8, 4) is 0 Å². The number of sulfonamides is 1. The zero-order valence-electron chi connectivity index (χ0n) is 18.7. The lowest BCUT2D eigenvalue weighted by Gasteiger charge is -2.37. The highest BCUT2D eigenvalue weighted by molar-refractivity contribution is 7.89. The van der Waals surface area contributed by atoms with Crippen LogP contribution in [-0.4, -0.2) is 73.9 Å². The van der Waals surface area contributed by atoms with E-state index >= 15 is 0 Å². The van der Waals surface area contributed by atoms with E-state index in [0.29, 0.717) is 31.1 Å². The smallest absolute Gasteiger partial charge is 0.317 e. The summed E-state index contributed by atoms with van der Waals surface area (Å²) in [6, 6.07) is 11.4.